The average Bonchev–Trinajstić information content (AvgIpc) is 2.88. The van der Waals surface area contributed by atoms with Crippen LogP contribution in [-0.4, -0.2) is 31.9 Å². The zero-order valence-electron chi connectivity index (χ0n) is 10.2. The van der Waals surface area contributed by atoms with E-state index in [1.54, 1.807) is 18.5 Å². The van der Waals surface area contributed by atoms with Crippen molar-refractivity contribution < 1.29 is 9.84 Å². The third-order valence-corrected chi connectivity index (χ3v) is 2.71. The van der Waals surface area contributed by atoms with Gasteiger partial charge in [0.1, 0.15) is 28.9 Å². The molecule has 0 fully saturated rings. The number of imidazole rings is 1. The lowest BCUT2D eigenvalue weighted by atomic mass is 10.2. The van der Waals surface area contributed by atoms with E-state index in [0.29, 0.717) is 22.7 Å². The molecule has 98 valence electrons. The largest absolute Gasteiger partial charge is 0.508 e. The number of ether oxygens (including phenoxy) is 1. The van der Waals surface area contributed by atoms with Crippen LogP contribution in [0.5, 0.6) is 11.5 Å². The molecule has 1 aromatic carbocycles. The molecule has 0 atom stereocenters. The van der Waals surface area contributed by atoms with Crippen molar-refractivity contribution in [3.63, 3.8) is 0 Å². The van der Waals surface area contributed by atoms with E-state index in [9.17, 15) is 5.11 Å². The molecule has 0 aliphatic heterocycles. The molecule has 0 saturated heterocycles. The first-order valence-corrected chi connectivity index (χ1v) is 5.77. The molecule has 0 radical (unpaired) electrons. The Bertz CT molecular complexity index is 773. The summed E-state index contributed by atoms with van der Waals surface area (Å²) in [6.45, 7) is -0.111. The number of nitriles is 1. The molecule has 0 aliphatic rings. The summed E-state index contributed by atoms with van der Waals surface area (Å²) in [5.74, 6) is 0.996. The number of H-pyrrole nitrogens is 1. The monoisotopic (exact) mass is 267 g/mol. The molecule has 3 aromatic rings. The fraction of sp³-hybridized carbons (Fsp3) is 0.0769. The number of hydrogen-bond donors (Lipinski definition) is 2. The third kappa shape index (κ3) is 2.10. The van der Waals surface area contributed by atoms with Crippen molar-refractivity contribution in [1.29, 1.82) is 5.26 Å². The Morgan fingerprint density at radius 1 is 1.30 bits per heavy atom. The lowest BCUT2D eigenvalue weighted by molar-refractivity contribution is 0.366. The van der Waals surface area contributed by atoms with Gasteiger partial charge in [-0.3, -0.25) is 0 Å². The van der Waals surface area contributed by atoms with Gasteiger partial charge in [-0.15, -0.1) is 0 Å². The Morgan fingerprint density at radius 2 is 2.15 bits per heavy atom. The lowest BCUT2D eigenvalue weighted by Crippen LogP contribution is -1.96. The van der Waals surface area contributed by atoms with E-state index in [1.807, 2.05) is 6.07 Å². The zero-order chi connectivity index (χ0) is 13.9. The smallest absolute Gasteiger partial charge is 0.174 e. The van der Waals surface area contributed by atoms with Gasteiger partial charge in [-0.05, 0) is 12.1 Å². The van der Waals surface area contributed by atoms with E-state index in [1.165, 1.54) is 12.1 Å². The van der Waals surface area contributed by atoms with Gasteiger partial charge in [0.05, 0.1) is 23.5 Å². The quantitative estimate of drug-likeness (QED) is 0.746. The highest BCUT2D eigenvalue weighted by Gasteiger charge is 2.12. The fourth-order valence-electron chi connectivity index (χ4n) is 1.84. The number of benzene rings is 1. The van der Waals surface area contributed by atoms with Gasteiger partial charge >= 0.3 is 0 Å². The highest BCUT2D eigenvalue weighted by Crippen LogP contribution is 2.32. The highest BCUT2D eigenvalue weighted by atomic mass is 16.5. The summed E-state index contributed by atoms with van der Waals surface area (Å²) >= 11 is 0. The van der Waals surface area contributed by atoms with Gasteiger partial charge in [-0.2, -0.15) is 15.5 Å². The van der Waals surface area contributed by atoms with Crippen molar-refractivity contribution in [1.82, 2.24) is 20.2 Å². The number of aromatic amines is 1. The van der Waals surface area contributed by atoms with E-state index in [0.717, 1.165) is 5.52 Å². The minimum absolute atomic E-state index is 0.0566. The first-order valence-electron chi connectivity index (χ1n) is 5.77. The van der Waals surface area contributed by atoms with E-state index in [4.69, 9.17) is 10.00 Å². The van der Waals surface area contributed by atoms with Crippen molar-refractivity contribution >= 4 is 11.0 Å². The van der Waals surface area contributed by atoms with Crippen molar-refractivity contribution in [3.05, 3.63) is 30.6 Å². The molecule has 0 saturated carbocycles. The normalized spacial score (nSPS) is 10.3. The molecule has 0 aliphatic carbocycles. The van der Waals surface area contributed by atoms with E-state index in [2.05, 4.69) is 20.2 Å². The van der Waals surface area contributed by atoms with Gasteiger partial charge in [-0.25, -0.2) is 4.98 Å². The number of nitrogens with zero attached hydrogens (tertiary/aromatic N) is 4. The maximum absolute atomic E-state index is 9.51. The van der Waals surface area contributed by atoms with Crippen molar-refractivity contribution in [2.24, 2.45) is 0 Å². The van der Waals surface area contributed by atoms with Gasteiger partial charge in [-0.1, -0.05) is 0 Å². The molecule has 0 spiro atoms. The molecular weight excluding hydrogens is 258 g/mol. The summed E-state index contributed by atoms with van der Waals surface area (Å²) in [6.07, 6.45) is 3.12. The lowest BCUT2D eigenvalue weighted by Gasteiger charge is -2.07. The fourth-order valence-corrected chi connectivity index (χ4v) is 1.84. The maximum atomic E-state index is 9.51. The zero-order valence-corrected chi connectivity index (χ0v) is 10.2. The van der Waals surface area contributed by atoms with Gasteiger partial charge in [0.15, 0.2) is 6.61 Å². The predicted molar refractivity (Wildman–Crippen MR) is 69.9 cm³/mol. The van der Waals surface area contributed by atoms with Crippen LogP contribution in [0.1, 0.15) is 0 Å². The molecule has 20 heavy (non-hydrogen) atoms. The highest BCUT2D eigenvalue weighted by molar-refractivity contribution is 5.79. The first kappa shape index (κ1) is 11.9. The van der Waals surface area contributed by atoms with Crippen LogP contribution in [0.25, 0.3) is 22.4 Å². The standard InChI is InChI=1S/C13H9N5O2/c14-3-4-20-12-5-8(19)1-2-9(12)13-17-10-6-15-16-7-11(10)18-13/h1-2,5-7,19H,4H2,(H,17,18). The second-order valence-corrected chi connectivity index (χ2v) is 4.00. The van der Waals surface area contributed by atoms with Gasteiger partial charge in [0.2, 0.25) is 0 Å². The number of fused-ring (bicyclic) bond motifs is 1. The number of rotatable bonds is 3. The van der Waals surface area contributed by atoms with Crippen LogP contribution >= 0.6 is 0 Å². The van der Waals surface area contributed by atoms with E-state index < -0.39 is 0 Å². The number of nitrogens with one attached hydrogen (secondary N) is 1. The third-order valence-electron chi connectivity index (χ3n) is 2.71. The molecule has 0 bridgehead atoms. The van der Waals surface area contributed by atoms with Gasteiger partial charge in [0, 0.05) is 6.07 Å². The Labute approximate surface area is 113 Å². The van der Waals surface area contributed by atoms with Crippen LogP contribution in [0.3, 0.4) is 0 Å². The van der Waals surface area contributed by atoms with Crippen molar-refractivity contribution in [2.45, 2.75) is 0 Å². The second kappa shape index (κ2) is 4.85. The minimum Gasteiger partial charge on any atom is -0.508 e. The molecule has 0 unspecified atom stereocenters. The van der Waals surface area contributed by atoms with Gasteiger partial charge < -0.3 is 14.8 Å². The first-order chi connectivity index (χ1) is 9.78. The second-order valence-electron chi connectivity index (χ2n) is 4.00. The summed E-state index contributed by atoms with van der Waals surface area (Å²) in [7, 11) is 0. The SMILES string of the molecule is N#CCOc1cc(O)ccc1-c1nc2cnncc2[nH]1. The molecule has 7 heteroatoms. The van der Waals surface area contributed by atoms with Crippen LogP contribution in [0.15, 0.2) is 30.6 Å². The molecule has 2 heterocycles. The molecule has 2 aromatic heterocycles. The Balaban J connectivity index is 2.10. The van der Waals surface area contributed by atoms with Crippen molar-refractivity contribution in [2.75, 3.05) is 6.61 Å². The summed E-state index contributed by atoms with van der Waals surface area (Å²) in [5.41, 5.74) is 2.07. The van der Waals surface area contributed by atoms with Crippen molar-refractivity contribution in [3.8, 4) is 29.0 Å². The molecular formula is C13H9N5O2. The van der Waals surface area contributed by atoms with Crippen LogP contribution in [0.2, 0.25) is 0 Å². The predicted octanol–water partition coefficient (Wildman–Crippen LogP) is 1.63. The number of phenols is 1. The topological polar surface area (TPSA) is 108 Å². The minimum atomic E-state index is -0.111. The summed E-state index contributed by atoms with van der Waals surface area (Å²) in [6, 6.07) is 6.52. The summed E-state index contributed by atoms with van der Waals surface area (Å²) < 4.78 is 5.31. The van der Waals surface area contributed by atoms with Crippen LogP contribution in [-0.2, 0) is 0 Å². The summed E-state index contributed by atoms with van der Waals surface area (Å²) in [4.78, 5) is 7.47. The molecule has 7 nitrogen and oxygen atoms in total. The molecule has 2 N–H and O–H groups in total. The number of phenolic OH excluding ortho intramolecular Hbond substituents is 1. The average molecular weight is 267 g/mol. The Morgan fingerprint density at radius 3 is 2.95 bits per heavy atom. The Kier molecular flexibility index (Phi) is 2.89. The number of hydrogen-bond acceptors (Lipinski definition) is 6. The van der Waals surface area contributed by atoms with E-state index >= 15 is 0 Å². The molecule has 3 rings (SSSR count). The Hall–Kier alpha value is -3.14. The van der Waals surface area contributed by atoms with Gasteiger partial charge in [0.25, 0.3) is 0 Å². The summed E-state index contributed by atoms with van der Waals surface area (Å²) in [5, 5.41) is 25.6. The van der Waals surface area contributed by atoms with Crippen LogP contribution < -0.4 is 4.74 Å². The number of aromatic nitrogens is 4. The molecule has 0 amide bonds. The maximum Gasteiger partial charge on any atom is 0.174 e. The number of aromatic hydroxyl groups is 1. The van der Waals surface area contributed by atoms with Crippen LogP contribution in [0.4, 0.5) is 0 Å². The van der Waals surface area contributed by atoms with E-state index in [-0.39, 0.29) is 12.4 Å². The van der Waals surface area contributed by atoms with Crippen LogP contribution in [0, 0.1) is 11.3 Å².